The number of aromatic nitrogens is 2. The smallest absolute Gasteiger partial charge is 0.253 e. The molecule has 8 heteroatoms. The molecule has 1 N–H and O–H groups in total. The number of imidazole rings is 1. The highest BCUT2D eigenvalue weighted by atomic mass is 16.5. The first kappa shape index (κ1) is 20.7. The molecule has 1 aromatic heterocycles. The molecule has 0 aliphatic carbocycles. The minimum Gasteiger partial charge on any atom is -0.379 e. The zero-order valence-electron chi connectivity index (χ0n) is 17.9. The van der Waals surface area contributed by atoms with E-state index in [0.717, 1.165) is 49.4 Å². The summed E-state index contributed by atoms with van der Waals surface area (Å²) in [7, 11) is 0. The maximum Gasteiger partial charge on any atom is 0.253 e. The zero-order valence-corrected chi connectivity index (χ0v) is 17.9. The van der Waals surface area contributed by atoms with Crippen LogP contribution < -0.4 is 10.2 Å². The fraction of sp³-hybridized carbons (Fsp3) is 0.375. The number of nitrogens with zero attached hydrogens (tertiary/aromatic N) is 4. The van der Waals surface area contributed by atoms with E-state index in [-0.39, 0.29) is 18.2 Å². The predicted molar refractivity (Wildman–Crippen MR) is 121 cm³/mol. The Morgan fingerprint density at radius 2 is 1.78 bits per heavy atom. The van der Waals surface area contributed by atoms with Crippen molar-refractivity contribution in [1.82, 2.24) is 19.8 Å². The van der Waals surface area contributed by atoms with Crippen molar-refractivity contribution >= 4 is 28.8 Å². The molecule has 3 aromatic rings. The van der Waals surface area contributed by atoms with Gasteiger partial charge in [-0.3, -0.25) is 24.0 Å². The Labute approximate surface area is 186 Å². The first-order chi connectivity index (χ1) is 15.7. The molecule has 0 unspecified atom stereocenters. The quantitative estimate of drug-likeness (QED) is 0.616. The molecule has 2 aromatic carbocycles. The van der Waals surface area contributed by atoms with Gasteiger partial charge in [-0.15, -0.1) is 0 Å². The normalized spacial score (nSPS) is 18.8. The number of rotatable bonds is 7. The lowest BCUT2D eigenvalue weighted by atomic mass is 10.1. The summed E-state index contributed by atoms with van der Waals surface area (Å²) in [5.74, 6) is 0.414. The number of hydrogen-bond acceptors (Lipinski definition) is 5. The highest BCUT2D eigenvalue weighted by Gasteiger charge is 2.40. The van der Waals surface area contributed by atoms with E-state index in [2.05, 4.69) is 10.2 Å². The molecular formula is C24H27N5O3. The minimum absolute atomic E-state index is 0.0682. The lowest BCUT2D eigenvalue weighted by molar-refractivity contribution is -0.127. The average Bonchev–Trinajstić information content (AvgIpc) is 3.32. The number of anilines is 1. The van der Waals surface area contributed by atoms with Crippen LogP contribution in [0.3, 0.4) is 0 Å². The van der Waals surface area contributed by atoms with Gasteiger partial charge in [0.15, 0.2) is 0 Å². The topological polar surface area (TPSA) is 79.7 Å². The molecule has 1 saturated heterocycles. The van der Waals surface area contributed by atoms with Crippen molar-refractivity contribution in [3.8, 4) is 0 Å². The van der Waals surface area contributed by atoms with Crippen molar-refractivity contribution < 1.29 is 14.3 Å². The lowest BCUT2D eigenvalue weighted by Gasteiger charge is -2.28. The summed E-state index contributed by atoms with van der Waals surface area (Å²) in [6.07, 6.45) is 0.0904. The molecule has 2 aliphatic heterocycles. The first-order valence-corrected chi connectivity index (χ1v) is 11.1. The number of morpholine rings is 1. The van der Waals surface area contributed by atoms with E-state index in [1.54, 1.807) is 4.90 Å². The van der Waals surface area contributed by atoms with Crippen molar-refractivity contribution in [2.24, 2.45) is 0 Å². The van der Waals surface area contributed by atoms with Crippen LogP contribution in [0, 0.1) is 0 Å². The molecule has 32 heavy (non-hydrogen) atoms. The van der Waals surface area contributed by atoms with Crippen molar-refractivity contribution in [1.29, 1.82) is 0 Å². The Bertz CT molecular complexity index is 1110. The van der Waals surface area contributed by atoms with Crippen LogP contribution in [0.1, 0.15) is 18.0 Å². The Kier molecular flexibility index (Phi) is 5.87. The van der Waals surface area contributed by atoms with E-state index in [4.69, 9.17) is 9.72 Å². The third-order valence-electron chi connectivity index (χ3n) is 6.14. The van der Waals surface area contributed by atoms with E-state index >= 15 is 0 Å². The zero-order chi connectivity index (χ0) is 21.9. The molecule has 0 saturated carbocycles. The molecule has 0 bridgehead atoms. The fourth-order valence-electron chi connectivity index (χ4n) is 4.42. The Morgan fingerprint density at radius 3 is 2.59 bits per heavy atom. The van der Waals surface area contributed by atoms with Gasteiger partial charge >= 0.3 is 0 Å². The highest BCUT2D eigenvalue weighted by Crippen LogP contribution is 2.36. The summed E-state index contributed by atoms with van der Waals surface area (Å²) < 4.78 is 7.35. The summed E-state index contributed by atoms with van der Waals surface area (Å²) in [5.41, 5.74) is 2.74. The average molecular weight is 434 g/mol. The molecule has 2 aliphatic rings. The summed E-state index contributed by atoms with van der Waals surface area (Å²) >= 11 is 0. The van der Waals surface area contributed by atoms with E-state index in [9.17, 15) is 9.59 Å². The molecule has 0 spiro atoms. The van der Waals surface area contributed by atoms with Crippen molar-refractivity contribution in [2.45, 2.75) is 19.0 Å². The first-order valence-electron chi connectivity index (χ1n) is 11.1. The summed E-state index contributed by atoms with van der Waals surface area (Å²) in [4.78, 5) is 34.9. The number of hydrogen-bond donors (Lipinski definition) is 1. The van der Waals surface area contributed by atoms with Gasteiger partial charge in [0.2, 0.25) is 11.9 Å². The van der Waals surface area contributed by atoms with Crippen LogP contribution in [-0.4, -0.2) is 65.7 Å². The second-order valence-electron chi connectivity index (χ2n) is 8.20. The molecule has 0 radical (unpaired) electrons. The van der Waals surface area contributed by atoms with Crippen LogP contribution >= 0.6 is 0 Å². The van der Waals surface area contributed by atoms with Crippen LogP contribution in [0.4, 0.5) is 5.95 Å². The van der Waals surface area contributed by atoms with E-state index < -0.39 is 6.04 Å². The number of fused-ring (bicyclic) bond motifs is 3. The van der Waals surface area contributed by atoms with Crippen LogP contribution in [0.15, 0.2) is 54.6 Å². The molecule has 5 rings (SSSR count). The standard InChI is InChI=1S/C24H27N5O3/c30-22(25-17-18-6-2-1-3-7-18)16-21-23(31)28(11-10-27-12-14-32-15-13-27)24-26-19-8-4-5-9-20(19)29(21)24/h1-9,21H,10-17H2,(H,25,30)/t21-/m1/s1. The fourth-order valence-corrected chi connectivity index (χ4v) is 4.42. The Hall–Kier alpha value is -3.23. The van der Waals surface area contributed by atoms with Gasteiger partial charge in [-0.1, -0.05) is 42.5 Å². The van der Waals surface area contributed by atoms with E-state index in [0.29, 0.717) is 19.0 Å². The van der Waals surface area contributed by atoms with Crippen LogP contribution in [0.5, 0.6) is 0 Å². The highest BCUT2D eigenvalue weighted by molar-refractivity contribution is 6.03. The number of nitrogens with one attached hydrogen (secondary N) is 1. The second kappa shape index (κ2) is 9.10. The summed E-state index contributed by atoms with van der Waals surface area (Å²) in [6.45, 7) is 4.91. The lowest BCUT2D eigenvalue weighted by Crippen LogP contribution is -2.43. The Balaban J connectivity index is 1.34. The second-order valence-corrected chi connectivity index (χ2v) is 8.20. The van der Waals surface area contributed by atoms with Gasteiger partial charge in [-0.05, 0) is 17.7 Å². The van der Waals surface area contributed by atoms with Gasteiger partial charge in [0.1, 0.15) is 6.04 Å². The monoisotopic (exact) mass is 433 g/mol. The largest absolute Gasteiger partial charge is 0.379 e. The van der Waals surface area contributed by atoms with Crippen molar-refractivity contribution in [3.05, 3.63) is 60.2 Å². The van der Waals surface area contributed by atoms with E-state index in [1.165, 1.54) is 0 Å². The minimum atomic E-state index is -0.585. The van der Waals surface area contributed by atoms with E-state index in [1.807, 2.05) is 59.2 Å². The number of benzene rings is 2. The molecular weight excluding hydrogens is 406 g/mol. The third kappa shape index (κ3) is 4.11. The number of carbonyl (C=O) groups is 2. The van der Waals surface area contributed by atoms with Gasteiger partial charge < -0.3 is 10.1 Å². The summed E-state index contributed by atoms with van der Waals surface area (Å²) in [5, 5.41) is 2.95. The number of ether oxygens (including phenoxy) is 1. The molecule has 8 nitrogen and oxygen atoms in total. The maximum absolute atomic E-state index is 13.4. The Morgan fingerprint density at radius 1 is 1.03 bits per heavy atom. The molecule has 166 valence electrons. The predicted octanol–water partition coefficient (Wildman–Crippen LogP) is 1.96. The maximum atomic E-state index is 13.4. The summed E-state index contributed by atoms with van der Waals surface area (Å²) in [6, 6.07) is 17.0. The third-order valence-corrected chi connectivity index (χ3v) is 6.14. The van der Waals surface area contributed by atoms with Crippen molar-refractivity contribution in [2.75, 3.05) is 44.3 Å². The van der Waals surface area contributed by atoms with Gasteiger partial charge in [0.25, 0.3) is 5.91 Å². The number of carbonyl (C=O) groups excluding carboxylic acids is 2. The van der Waals surface area contributed by atoms with Crippen LogP contribution in [0.25, 0.3) is 11.0 Å². The van der Waals surface area contributed by atoms with Crippen molar-refractivity contribution in [3.63, 3.8) is 0 Å². The number of para-hydroxylation sites is 2. The molecule has 2 amide bonds. The van der Waals surface area contributed by atoms with Gasteiger partial charge in [0.05, 0.1) is 30.7 Å². The van der Waals surface area contributed by atoms with Gasteiger partial charge in [0, 0.05) is 32.7 Å². The van der Waals surface area contributed by atoms with Gasteiger partial charge in [-0.2, -0.15) is 0 Å². The molecule has 1 fully saturated rings. The molecule has 1 atom stereocenters. The van der Waals surface area contributed by atoms with Crippen LogP contribution in [0.2, 0.25) is 0 Å². The SMILES string of the molecule is O=C(C[C@@H]1C(=O)N(CCN2CCOCC2)c2nc3ccccc3n21)NCc1ccccc1. The molecule has 3 heterocycles. The van der Waals surface area contributed by atoms with Gasteiger partial charge in [-0.25, -0.2) is 4.98 Å². The number of amides is 2. The van der Waals surface area contributed by atoms with Crippen LogP contribution in [-0.2, 0) is 20.9 Å².